The topological polar surface area (TPSA) is 321 Å². The second kappa shape index (κ2) is 22.4. The lowest BCUT2D eigenvalue weighted by atomic mass is 10.0. The molecule has 0 aromatic heterocycles. The van der Waals surface area contributed by atoms with Crippen molar-refractivity contribution in [2.45, 2.75) is 82.0 Å². The van der Waals surface area contributed by atoms with Crippen molar-refractivity contribution in [1.29, 1.82) is 0 Å². The lowest BCUT2D eigenvalue weighted by Gasteiger charge is -2.25. The van der Waals surface area contributed by atoms with Crippen molar-refractivity contribution in [2.24, 2.45) is 5.73 Å². The van der Waals surface area contributed by atoms with Crippen molar-refractivity contribution in [3.8, 4) is 5.75 Å². The van der Waals surface area contributed by atoms with Gasteiger partial charge in [-0.05, 0) is 42.5 Å². The number of rotatable bonds is 24. The summed E-state index contributed by atoms with van der Waals surface area (Å²) in [6, 6.07) is 8.70. The third-order valence-corrected chi connectivity index (χ3v) is 7.77. The van der Waals surface area contributed by atoms with Gasteiger partial charge in [0, 0.05) is 32.1 Å². The molecular formula is C35H44N6O13. The number of phenolic OH excluding ortho intramolecular Hbond substituents is 1. The molecule has 19 heteroatoms. The average Bonchev–Trinajstić information content (AvgIpc) is 3.11. The van der Waals surface area contributed by atoms with E-state index in [2.05, 4.69) is 26.6 Å². The van der Waals surface area contributed by atoms with Crippen LogP contribution in [0.3, 0.4) is 0 Å². The third kappa shape index (κ3) is 17.1. The zero-order chi connectivity index (χ0) is 40.2. The van der Waals surface area contributed by atoms with Crippen LogP contribution in [0.4, 0.5) is 0 Å². The highest BCUT2D eigenvalue weighted by Crippen LogP contribution is 2.13. The minimum absolute atomic E-state index is 0.0214. The molecule has 0 saturated carbocycles. The number of hydrogen-bond donors (Lipinski definition) is 10. The zero-order valence-electron chi connectivity index (χ0n) is 29.1. The molecule has 6 amide bonds. The standard InChI is InChI=1S/C35H44N6O13/c36-32(51)23(7-4-8-29(45)46)40-35(54)26(17-20-5-2-1-3-6-20)41-34(53)25(18-21-9-11-22(42)12-10-21)39-28(44)19-37-33(52)24(13-15-30(47)48)38-27(43)14-16-31(49)50/h1-3,5-6,9-12,23-26,42H,4,7-8,13-19H2,(H2,36,51)(H,37,52)(H,38,43)(H,39,44)(H,40,54)(H,41,53)(H,45,46)(H,47,48)(H,49,50)/t23-,24-,25-,26-/m0/s1. The fraction of sp³-hybridized carbons (Fsp3) is 0.400. The fourth-order valence-electron chi connectivity index (χ4n) is 4.98. The van der Waals surface area contributed by atoms with Gasteiger partial charge in [-0.15, -0.1) is 0 Å². The molecule has 4 atom stereocenters. The van der Waals surface area contributed by atoms with Crippen molar-refractivity contribution in [3.05, 3.63) is 65.7 Å². The molecule has 292 valence electrons. The van der Waals surface area contributed by atoms with Gasteiger partial charge < -0.3 is 52.7 Å². The van der Waals surface area contributed by atoms with E-state index >= 15 is 0 Å². The first-order chi connectivity index (χ1) is 25.5. The molecule has 0 aliphatic carbocycles. The van der Waals surface area contributed by atoms with Gasteiger partial charge >= 0.3 is 17.9 Å². The Hall–Kier alpha value is -6.53. The molecule has 0 unspecified atom stereocenters. The average molecular weight is 757 g/mol. The SMILES string of the molecule is NC(=O)[C@H](CCCC(=O)O)NC(=O)[C@H](Cc1ccccc1)NC(=O)[C@H](Cc1ccc(O)cc1)NC(=O)CNC(=O)[C@H](CCC(=O)O)NC(=O)CCC(=O)O. The highest BCUT2D eigenvalue weighted by molar-refractivity contribution is 5.95. The number of phenols is 1. The molecule has 0 saturated heterocycles. The molecule has 11 N–H and O–H groups in total. The number of amides is 6. The number of carboxylic acids is 3. The molecule has 0 radical (unpaired) electrons. The quantitative estimate of drug-likeness (QED) is 0.0597. The number of carbonyl (C=O) groups excluding carboxylic acids is 6. The van der Waals surface area contributed by atoms with Crippen LogP contribution in [0.5, 0.6) is 5.75 Å². The molecule has 2 aromatic carbocycles. The summed E-state index contributed by atoms with van der Waals surface area (Å²) in [7, 11) is 0. The van der Waals surface area contributed by atoms with Crippen LogP contribution >= 0.6 is 0 Å². The normalized spacial score (nSPS) is 12.8. The van der Waals surface area contributed by atoms with E-state index in [-0.39, 0.29) is 44.3 Å². The van der Waals surface area contributed by atoms with Gasteiger partial charge in [-0.3, -0.25) is 43.2 Å². The van der Waals surface area contributed by atoms with Gasteiger partial charge in [-0.25, -0.2) is 0 Å². The summed E-state index contributed by atoms with van der Waals surface area (Å²) in [4.78, 5) is 110. The van der Waals surface area contributed by atoms with E-state index in [1.54, 1.807) is 30.3 Å². The fourth-order valence-corrected chi connectivity index (χ4v) is 4.98. The number of primary amides is 1. The van der Waals surface area contributed by atoms with Crippen LogP contribution in [0, 0.1) is 0 Å². The lowest BCUT2D eigenvalue weighted by molar-refractivity contribution is -0.139. The minimum Gasteiger partial charge on any atom is -0.508 e. The zero-order valence-corrected chi connectivity index (χ0v) is 29.1. The Labute approximate surface area is 309 Å². The summed E-state index contributed by atoms with van der Waals surface area (Å²) in [5.41, 5.74) is 6.52. The van der Waals surface area contributed by atoms with E-state index in [9.17, 15) is 48.3 Å². The molecule has 2 aromatic rings. The van der Waals surface area contributed by atoms with Gasteiger partial charge in [-0.2, -0.15) is 0 Å². The van der Waals surface area contributed by atoms with Gasteiger partial charge in [-0.1, -0.05) is 42.5 Å². The number of nitrogens with one attached hydrogen (secondary N) is 5. The number of benzene rings is 2. The molecular weight excluding hydrogens is 712 g/mol. The van der Waals surface area contributed by atoms with Crippen molar-refractivity contribution in [2.75, 3.05) is 6.54 Å². The first-order valence-electron chi connectivity index (χ1n) is 16.8. The van der Waals surface area contributed by atoms with E-state index in [4.69, 9.17) is 21.1 Å². The van der Waals surface area contributed by atoms with E-state index in [1.807, 2.05) is 0 Å². The van der Waals surface area contributed by atoms with Crippen LogP contribution in [-0.4, -0.2) is 104 Å². The molecule has 0 heterocycles. The predicted molar refractivity (Wildman–Crippen MR) is 187 cm³/mol. The van der Waals surface area contributed by atoms with Crippen LogP contribution in [-0.2, 0) is 56.0 Å². The molecule has 2 rings (SSSR count). The maximum atomic E-state index is 13.8. The van der Waals surface area contributed by atoms with Crippen LogP contribution in [0.1, 0.15) is 56.1 Å². The predicted octanol–water partition coefficient (Wildman–Crippen LogP) is -1.30. The van der Waals surface area contributed by atoms with Crippen molar-refractivity contribution in [1.82, 2.24) is 26.6 Å². The first-order valence-corrected chi connectivity index (χ1v) is 16.8. The maximum Gasteiger partial charge on any atom is 0.303 e. The van der Waals surface area contributed by atoms with Gasteiger partial charge in [0.1, 0.15) is 29.9 Å². The molecule has 0 aliphatic rings. The summed E-state index contributed by atoms with van der Waals surface area (Å²) in [6.07, 6.45) is -2.56. The van der Waals surface area contributed by atoms with Gasteiger partial charge in [0.2, 0.25) is 35.4 Å². The summed E-state index contributed by atoms with van der Waals surface area (Å²) in [5.74, 6) is -9.07. The highest BCUT2D eigenvalue weighted by atomic mass is 16.4. The largest absolute Gasteiger partial charge is 0.508 e. The summed E-state index contributed by atoms with van der Waals surface area (Å²) < 4.78 is 0. The number of carboxylic acid groups (broad SMARTS) is 3. The summed E-state index contributed by atoms with van der Waals surface area (Å²) >= 11 is 0. The number of aromatic hydroxyl groups is 1. The molecule has 0 bridgehead atoms. The molecule has 0 aliphatic heterocycles. The second-order valence-electron chi connectivity index (χ2n) is 12.2. The van der Waals surface area contributed by atoms with Gasteiger partial charge in [0.25, 0.3) is 0 Å². The van der Waals surface area contributed by atoms with E-state index in [0.717, 1.165) is 0 Å². The Morgan fingerprint density at radius 1 is 0.537 bits per heavy atom. The Kier molecular flexibility index (Phi) is 18.1. The number of carbonyl (C=O) groups is 9. The molecule has 0 spiro atoms. The Balaban J connectivity index is 2.27. The van der Waals surface area contributed by atoms with E-state index in [1.165, 1.54) is 24.3 Å². The van der Waals surface area contributed by atoms with Crippen LogP contribution in [0.15, 0.2) is 54.6 Å². The van der Waals surface area contributed by atoms with E-state index in [0.29, 0.717) is 11.1 Å². The van der Waals surface area contributed by atoms with Crippen molar-refractivity contribution >= 4 is 53.4 Å². The monoisotopic (exact) mass is 756 g/mol. The highest BCUT2D eigenvalue weighted by Gasteiger charge is 2.30. The van der Waals surface area contributed by atoms with Crippen LogP contribution in [0.25, 0.3) is 0 Å². The van der Waals surface area contributed by atoms with Gasteiger partial charge in [0.05, 0.1) is 13.0 Å². The Morgan fingerprint density at radius 3 is 1.61 bits per heavy atom. The molecule has 0 fully saturated rings. The molecule has 54 heavy (non-hydrogen) atoms. The maximum absolute atomic E-state index is 13.8. The van der Waals surface area contributed by atoms with Crippen LogP contribution in [0.2, 0.25) is 0 Å². The number of hydrogen-bond acceptors (Lipinski definition) is 10. The number of nitrogens with two attached hydrogens (primary N) is 1. The summed E-state index contributed by atoms with van der Waals surface area (Å²) in [6.45, 7) is -0.753. The van der Waals surface area contributed by atoms with Crippen molar-refractivity contribution in [3.63, 3.8) is 0 Å². The van der Waals surface area contributed by atoms with Gasteiger partial charge in [0.15, 0.2) is 0 Å². The summed E-state index contributed by atoms with van der Waals surface area (Å²) in [5, 5.41) is 48.6. The Bertz CT molecular complexity index is 1650. The molecule has 19 nitrogen and oxygen atoms in total. The Morgan fingerprint density at radius 2 is 1.06 bits per heavy atom. The minimum atomic E-state index is -1.43. The van der Waals surface area contributed by atoms with Crippen molar-refractivity contribution < 1.29 is 63.6 Å². The second-order valence-corrected chi connectivity index (χ2v) is 12.2. The number of aliphatic carboxylic acids is 3. The third-order valence-electron chi connectivity index (χ3n) is 7.77. The van der Waals surface area contributed by atoms with Crippen LogP contribution < -0.4 is 32.3 Å². The van der Waals surface area contributed by atoms with E-state index < -0.39 is 103 Å². The smallest absolute Gasteiger partial charge is 0.303 e. The lowest BCUT2D eigenvalue weighted by Crippen LogP contribution is -2.58. The first kappa shape index (κ1) is 43.6.